The van der Waals surface area contributed by atoms with Crippen LogP contribution in [-0.4, -0.2) is 15.5 Å². The molecule has 3 rings (SSSR count). The molecule has 0 fully saturated rings. The van der Waals surface area contributed by atoms with E-state index in [9.17, 15) is 18.4 Å². The highest BCUT2D eigenvalue weighted by molar-refractivity contribution is 5.79. The lowest BCUT2D eigenvalue weighted by molar-refractivity contribution is -0.121. The minimum atomic E-state index is -0.690. The monoisotopic (exact) mass is 371 g/mol. The topological polar surface area (TPSA) is 64.0 Å². The first kappa shape index (κ1) is 18.7. The zero-order valence-electron chi connectivity index (χ0n) is 15.1. The number of halogens is 2. The van der Waals surface area contributed by atoms with Crippen LogP contribution in [0, 0.1) is 18.6 Å². The fourth-order valence-corrected chi connectivity index (χ4v) is 2.88. The zero-order valence-corrected chi connectivity index (χ0v) is 15.1. The predicted molar refractivity (Wildman–Crippen MR) is 98.2 cm³/mol. The number of carbonyl (C=O) groups excluding carboxylic acids is 1. The van der Waals surface area contributed by atoms with Gasteiger partial charge in [0.1, 0.15) is 17.5 Å². The maximum Gasteiger partial charge on any atom is 0.261 e. The third kappa shape index (κ3) is 4.36. The molecule has 0 aliphatic rings. The number of benzene rings is 2. The fourth-order valence-electron chi connectivity index (χ4n) is 2.88. The van der Waals surface area contributed by atoms with Crippen molar-refractivity contribution in [2.75, 3.05) is 0 Å². The van der Waals surface area contributed by atoms with Crippen molar-refractivity contribution >= 4 is 16.8 Å². The molecule has 1 aromatic heterocycles. The molecule has 1 N–H and O–H groups in total. The van der Waals surface area contributed by atoms with Crippen molar-refractivity contribution in [3.05, 3.63) is 75.3 Å². The summed E-state index contributed by atoms with van der Waals surface area (Å²) < 4.78 is 27.8. The van der Waals surface area contributed by atoms with Crippen LogP contribution in [0.2, 0.25) is 0 Å². The van der Waals surface area contributed by atoms with Crippen LogP contribution in [0.5, 0.6) is 0 Å². The van der Waals surface area contributed by atoms with E-state index in [0.717, 1.165) is 11.6 Å². The van der Waals surface area contributed by atoms with Crippen LogP contribution in [0.25, 0.3) is 10.9 Å². The molecule has 7 heteroatoms. The van der Waals surface area contributed by atoms with Gasteiger partial charge in [0.25, 0.3) is 5.56 Å². The summed E-state index contributed by atoms with van der Waals surface area (Å²) >= 11 is 0. The highest BCUT2D eigenvalue weighted by Gasteiger charge is 2.11. The Morgan fingerprint density at radius 2 is 1.85 bits per heavy atom. The Bertz CT molecular complexity index is 1060. The maximum atomic E-state index is 13.2. The molecule has 0 aliphatic heterocycles. The second kappa shape index (κ2) is 7.65. The normalized spacial score (nSPS) is 11.0. The Kier molecular flexibility index (Phi) is 5.30. The number of nitrogens with zero attached hydrogens (tertiary/aromatic N) is 2. The molecule has 0 unspecified atom stereocenters. The third-order valence-electron chi connectivity index (χ3n) is 4.31. The number of fused-ring (bicyclic) bond motifs is 1. The molecule has 140 valence electrons. The van der Waals surface area contributed by atoms with E-state index in [-0.39, 0.29) is 30.9 Å². The van der Waals surface area contributed by atoms with Gasteiger partial charge in [0.05, 0.1) is 10.9 Å². The molecular weight excluding hydrogens is 352 g/mol. The van der Waals surface area contributed by atoms with Gasteiger partial charge in [-0.2, -0.15) is 0 Å². The van der Waals surface area contributed by atoms with E-state index in [4.69, 9.17) is 0 Å². The Labute approximate surface area is 154 Å². The van der Waals surface area contributed by atoms with Crippen LogP contribution < -0.4 is 10.9 Å². The first-order valence-electron chi connectivity index (χ1n) is 8.51. The Balaban J connectivity index is 1.67. The largest absolute Gasteiger partial charge is 0.352 e. The number of aromatic nitrogens is 2. The van der Waals surface area contributed by atoms with E-state index < -0.39 is 11.6 Å². The summed E-state index contributed by atoms with van der Waals surface area (Å²) in [5.74, 6) is -1.17. The number of amides is 1. The lowest BCUT2D eigenvalue weighted by Crippen LogP contribution is -2.26. The highest BCUT2D eigenvalue weighted by Crippen LogP contribution is 2.12. The Morgan fingerprint density at radius 3 is 2.56 bits per heavy atom. The van der Waals surface area contributed by atoms with Gasteiger partial charge in [-0.15, -0.1) is 0 Å². The quantitative estimate of drug-likeness (QED) is 0.750. The Hall–Kier alpha value is -3.09. The van der Waals surface area contributed by atoms with Crippen LogP contribution in [0.1, 0.15) is 23.4 Å². The molecule has 0 saturated carbocycles. The molecule has 2 aromatic carbocycles. The van der Waals surface area contributed by atoms with E-state index in [1.54, 1.807) is 19.2 Å². The van der Waals surface area contributed by atoms with Crippen molar-refractivity contribution in [2.45, 2.75) is 26.3 Å². The summed E-state index contributed by atoms with van der Waals surface area (Å²) in [5, 5.41) is 3.16. The van der Waals surface area contributed by atoms with Gasteiger partial charge in [-0.05, 0) is 36.8 Å². The number of nitrogens with one attached hydrogen (secondary N) is 1. The Morgan fingerprint density at radius 1 is 1.15 bits per heavy atom. The van der Waals surface area contributed by atoms with Gasteiger partial charge < -0.3 is 5.32 Å². The molecular formula is C20H19F2N3O2. The molecule has 0 aliphatic carbocycles. The minimum absolute atomic E-state index is 0.0247. The average Bonchev–Trinajstić information content (AvgIpc) is 2.61. The van der Waals surface area contributed by atoms with Crippen molar-refractivity contribution in [1.29, 1.82) is 0 Å². The van der Waals surface area contributed by atoms with Gasteiger partial charge in [-0.25, -0.2) is 13.8 Å². The maximum absolute atomic E-state index is 13.2. The zero-order chi connectivity index (χ0) is 19.6. The summed E-state index contributed by atoms with van der Waals surface area (Å²) in [4.78, 5) is 29.0. The predicted octanol–water partition coefficient (Wildman–Crippen LogP) is 2.77. The van der Waals surface area contributed by atoms with Crippen molar-refractivity contribution < 1.29 is 13.6 Å². The molecule has 0 atom stereocenters. The molecule has 0 radical (unpaired) electrons. The fraction of sp³-hybridized carbons (Fsp3) is 0.250. The van der Waals surface area contributed by atoms with Crippen molar-refractivity contribution in [2.24, 2.45) is 7.05 Å². The molecule has 27 heavy (non-hydrogen) atoms. The van der Waals surface area contributed by atoms with Gasteiger partial charge in [0, 0.05) is 32.5 Å². The van der Waals surface area contributed by atoms with Crippen LogP contribution in [-0.2, 0) is 24.8 Å². The summed E-state index contributed by atoms with van der Waals surface area (Å²) in [6.07, 6.45) is 0.383. The van der Waals surface area contributed by atoms with Gasteiger partial charge >= 0.3 is 0 Å². The molecule has 1 amide bonds. The number of rotatable bonds is 5. The summed E-state index contributed by atoms with van der Waals surface area (Å²) in [7, 11) is 1.62. The second-order valence-electron chi connectivity index (χ2n) is 6.47. The minimum Gasteiger partial charge on any atom is -0.352 e. The van der Waals surface area contributed by atoms with Gasteiger partial charge in [0.2, 0.25) is 5.91 Å². The summed E-state index contributed by atoms with van der Waals surface area (Å²) in [6, 6.07) is 8.56. The van der Waals surface area contributed by atoms with Crippen LogP contribution in [0.15, 0.2) is 41.2 Å². The van der Waals surface area contributed by atoms with E-state index in [1.165, 1.54) is 16.7 Å². The summed E-state index contributed by atoms with van der Waals surface area (Å²) in [5.41, 5.74) is 1.75. The van der Waals surface area contributed by atoms with Gasteiger partial charge in [-0.3, -0.25) is 14.2 Å². The van der Waals surface area contributed by atoms with Crippen LogP contribution >= 0.6 is 0 Å². The molecule has 0 saturated heterocycles. The number of aryl methyl sites for hydroxylation is 2. The third-order valence-corrected chi connectivity index (χ3v) is 4.31. The molecule has 1 heterocycles. The van der Waals surface area contributed by atoms with E-state index >= 15 is 0 Å². The van der Waals surface area contributed by atoms with Gasteiger partial charge in [-0.1, -0.05) is 11.6 Å². The van der Waals surface area contributed by atoms with E-state index in [2.05, 4.69) is 10.3 Å². The van der Waals surface area contributed by atoms with Gasteiger partial charge in [0.15, 0.2) is 0 Å². The standard InChI is InChI=1S/C20H19F2N3O2/c1-12-3-4-17-16(7-12)20(27)25(2)18(24-17)5-6-19(26)23-11-13-8-14(21)10-15(22)9-13/h3-4,7-10H,5-6,11H2,1-2H3,(H,23,26). The average molecular weight is 371 g/mol. The smallest absolute Gasteiger partial charge is 0.261 e. The van der Waals surface area contributed by atoms with Crippen molar-refractivity contribution in [3.63, 3.8) is 0 Å². The molecule has 3 aromatic rings. The van der Waals surface area contributed by atoms with Crippen molar-refractivity contribution in [3.8, 4) is 0 Å². The molecule has 0 spiro atoms. The number of hydrogen-bond donors (Lipinski definition) is 1. The number of carbonyl (C=O) groups is 1. The van der Waals surface area contributed by atoms with Crippen molar-refractivity contribution in [1.82, 2.24) is 14.9 Å². The molecule has 0 bridgehead atoms. The lowest BCUT2D eigenvalue weighted by atomic mass is 10.1. The first-order chi connectivity index (χ1) is 12.8. The van der Waals surface area contributed by atoms with Crippen LogP contribution in [0.3, 0.4) is 0 Å². The first-order valence-corrected chi connectivity index (χ1v) is 8.51. The second-order valence-corrected chi connectivity index (χ2v) is 6.47. The summed E-state index contributed by atoms with van der Waals surface area (Å²) in [6.45, 7) is 1.93. The van der Waals surface area contributed by atoms with E-state index in [0.29, 0.717) is 22.3 Å². The number of hydrogen-bond acceptors (Lipinski definition) is 3. The SMILES string of the molecule is Cc1ccc2nc(CCC(=O)NCc3cc(F)cc(F)c3)n(C)c(=O)c2c1. The molecule has 5 nitrogen and oxygen atoms in total. The van der Waals surface area contributed by atoms with Crippen LogP contribution in [0.4, 0.5) is 8.78 Å². The highest BCUT2D eigenvalue weighted by atomic mass is 19.1. The lowest BCUT2D eigenvalue weighted by Gasteiger charge is -2.10. The van der Waals surface area contributed by atoms with E-state index in [1.807, 2.05) is 13.0 Å².